The molecule has 3 N–H and O–H groups in total. The third-order valence-corrected chi connectivity index (χ3v) is 5.43. The molecule has 4 rings (SSSR count). The fourth-order valence-corrected chi connectivity index (χ4v) is 3.58. The fourth-order valence-electron chi connectivity index (χ4n) is 3.32. The molecular weight excluding hydrogens is 406 g/mol. The molecule has 1 aromatic heterocycles. The molecule has 3 aromatic rings. The van der Waals surface area contributed by atoms with Crippen LogP contribution < -0.4 is 11.1 Å². The fraction of sp³-hybridized carbons (Fsp3) is 0.250. The van der Waals surface area contributed by atoms with Crippen molar-refractivity contribution >= 4 is 38.6 Å². The largest absolute Gasteiger partial charge is 0.366 e. The number of benzene rings is 2. The van der Waals surface area contributed by atoms with Gasteiger partial charge in [0.2, 0.25) is 0 Å². The van der Waals surface area contributed by atoms with E-state index in [9.17, 15) is 4.79 Å². The molecule has 1 atom stereocenters. The highest BCUT2D eigenvalue weighted by Gasteiger charge is 2.22. The second-order valence-corrected chi connectivity index (χ2v) is 7.61. The van der Waals surface area contributed by atoms with Gasteiger partial charge in [-0.15, -0.1) is 0 Å². The van der Waals surface area contributed by atoms with Crippen LogP contribution in [0.5, 0.6) is 0 Å². The molecule has 0 radical (unpaired) electrons. The summed E-state index contributed by atoms with van der Waals surface area (Å²) < 4.78 is 1.05. The summed E-state index contributed by atoms with van der Waals surface area (Å²) in [7, 11) is 0. The van der Waals surface area contributed by atoms with Crippen molar-refractivity contribution in [2.24, 2.45) is 5.73 Å². The van der Waals surface area contributed by atoms with Crippen LogP contribution in [0.3, 0.4) is 0 Å². The third kappa shape index (κ3) is 3.79. The van der Waals surface area contributed by atoms with Crippen molar-refractivity contribution < 1.29 is 4.79 Å². The van der Waals surface area contributed by atoms with Gasteiger partial charge in [-0.1, -0.05) is 34.1 Å². The van der Waals surface area contributed by atoms with Gasteiger partial charge in [-0.25, -0.2) is 9.97 Å². The summed E-state index contributed by atoms with van der Waals surface area (Å²) in [4.78, 5) is 22.9. The van der Waals surface area contributed by atoms with E-state index in [1.165, 1.54) is 18.3 Å². The van der Waals surface area contributed by atoms with E-state index in [2.05, 4.69) is 48.2 Å². The lowest BCUT2D eigenvalue weighted by Crippen LogP contribution is -2.41. The summed E-state index contributed by atoms with van der Waals surface area (Å²) in [5, 5.41) is 4.35. The number of carbonyl (C=O) groups is 1. The zero-order valence-electron chi connectivity index (χ0n) is 14.7. The number of likely N-dealkylation sites (tertiary alicyclic amines) is 1. The van der Waals surface area contributed by atoms with Gasteiger partial charge in [-0.05, 0) is 49.3 Å². The Hall–Kier alpha value is -2.51. The maximum absolute atomic E-state index is 11.7. The lowest BCUT2D eigenvalue weighted by atomic mass is 10.0. The number of carbonyl (C=O) groups excluding carboxylic acids is 1. The molecule has 0 spiro atoms. The molecule has 1 saturated heterocycles. The summed E-state index contributed by atoms with van der Waals surface area (Å²) in [6.07, 6.45) is 2.71. The summed E-state index contributed by atoms with van der Waals surface area (Å²) in [6.45, 7) is 3.12. The van der Waals surface area contributed by atoms with Crippen LogP contribution in [0.2, 0.25) is 0 Å². The number of hydrogen-bond donors (Lipinski definition) is 2. The molecule has 138 valence electrons. The normalized spacial score (nSPS) is 15.3. The van der Waals surface area contributed by atoms with E-state index in [0.29, 0.717) is 16.9 Å². The van der Waals surface area contributed by atoms with Gasteiger partial charge in [0.15, 0.2) is 0 Å². The Morgan fingerprint density at radius 2 is 1.96 bits per heavy atom. The van der Waals surface area contributed by atoms with E-state index in [0.717, 1.165) is 29.5 Å². The van der Waals surface area contributed by atoms with Crippen LogP contribution in [-0.4, -0.2) is 40.4 Å². The molecule has 2 aromatic carbocycles. The van der Waals surface area contributed by atoms with E-state index in [-0.39, 0.29) is 6.04 Å². The first-order valence-electron chi connectivity index (χ1n) is 8.90. The van der Waals surface area contributed by atoms with Crippen LogP contribution in [0.25, 0.3) is 10.9 Å². The zero-order chi connectivity index (χ0) is 18.8. The van der Waals surface area contributed by atoms with Crippen molar-refractivity contribution in [2.45, 2.75) is 12.5 Å². The Bertz CT molecular complexity index is 972. The van der Waals surface area contributed by atoms with E-state index in [1.54, 1.807) is 12.1 Å². The van der Waals surface area contributed by atoms with Crippen molar-refractivity contribution in [3.8, 4) is 0 Å². The molecule has 0 saturated carbocycles. The molecule has 27 heavy (non-hydrogen) atoms. The topological polar surface area (TPSA) is 84.1 Å². The molecular formula is C20H20BrN5O. The van der Waals surface area contributed by atoms with Crippen molar-refractivity contribution in [1.82, 2.24) is 14.9 Å². The number of halogens is 1. The van der Waals surface area contributed by atoms with Crippen LogP contribution in [0.4, 0.5) is 5.82 Å². The quantitative estimate of drug-likeness (QED) is 0.632. The average molecular weight is 426 g/mol. The predicted octanol–water partition coefficient (Wildman–Crippen LogP) is 3.35. The number of amides is 1. The predicted molar refractivity (Wildman–Crippen MR) is 110 cm³/mol. The molecule has 1 aliphatic heterocycles. The van der Waals surface area contributed by atoms with Gasteiger partial charge in [0.1, 0.15) is 12.1 Å². The first-order valence-corrected chi connectivity index (χ1v) is 9.69. The molecule has 0 unspecified atom stereocenters. The number of primary amides is 1. The van der Waals surface area contributed by atoms with Crippen molar-refractivity contribution in [3.63, 3.8) is 0 Å². The summed E-state index contributed by atoms with van der Waals surface area (Å²) in [5.41, 5.74) is 7.65. The second-order valence-electron chi connectivity index (χ2n) is 6.69. The first-order chi connectivity index (χ1) is 13.1. The minimum atomic E-state index is -0.490. The second kappa shape index (κ2) is 7.62. The van der Waals surface area contributed by atoms with Crippen LogP contribution in [0.15, 0.2) is 53.3 Å². The molecule has 7 heteroatoms. The number of anilines is 1. The lowest BCUT2D eigenvalue weighted by molar-refractivity contribution is 0.100. The maximum atomic E-state index is 11.7. The Morgan fingerprint density at radius 1 is 1.19 bits per heavy atom. The Labute approximate surface area is 165 Å². The van der Waals surface area contributed by atoms with Gasteiger partial charge in [-0.2, -0.15) is 0 Å². The molecule has 1 aliphatic rings. The molecule has 2 heterocycles. The van der Waals surface area contributed by atoms with E-state index in [4.69, 9.17) is 5.73 Å². The monoisotopic (exact) mass is 425 g/mol. The third-order valence-electron chi connectivity index (χ3n) is 4.90. The zero-order valence-corrected chi connectivity index (χ0v) is 16.3. The van der Waals surface area contributed by atoms with E-state index >= 15 is 0 Å². The highest BCUT2D eigenvalue weighted by molar-refractivity contribution is 9.10. The highest BCUT2D eigenvalue weighted by Crippen LogP contribution is 2.28. The minimum absolute atomic E-state index is 0.0775. The van der Waals surface area contributed by atoms with Crippen LogP contribution in [-0.2, 0) is 0 Å². The summed E-state index contributed by atoms with van der Waals surface area (Å²) >= 11 is 3.50. The maximum Gasteiger partial charge on any atom is 0.250 e. The average Bonchev–Trinajstić information content (AvgIpc) is 2.64. The number of nitrogens with zero attached hydrogens (tertiary/aromatic N) is 3. The Balaban J connectivity index is 1.71. The standard InChI is InChI=1S/C20H20BrN5O/c21-14-7-5-13(6-8-14)17(11-26-9-2-10-26)25-20-16-4-1-3-15(19(22)27)18(16)23-12-24-20/h1,3-8,12,17H,2,9-11H2,(H2,22,27)(H,23,24,25)/t17-/m1/s1. The number of nitrogens with one attached hydrogen (secondary N) is 1. The van der Waals surface area contributed by atoms with E-state index in [1.807, 2.05) is 18.2 Å². The van der Waals surface area contributed by atoms with Crippen LogP contribution in [0.1, 0.15) is 28.4 Å². The van der Waals surface area contributed by atoms with Crippen LogP contribution >= 0.6 is 15.9 Å². The van der Waals surface area contributed by atoms with E-state index < -0.39 is 5.91 Å². The number of para-hydroxylation sites is 1. The SMILES string of the molecule is NC(=O)c1cccc2c(N[C@H](CN3CCC3)c3ccc(Br)cc3)ncnc12. The molecule has 0 bridgehead atoms. The molecule has 1 fully saturated rings. The number of hydrogen-bond acceptors (Lipinski definition) is 5. The molecule has 6 nitrogen and oxygen atoms in total. The molecule has 1 amide bonds. The number of nitrogens with two attached hydrogens (primary N) is 1. The number of fused-ring (bicyclic) bond motifs is 1. The van der Waals surface area contributed by atoms with Crippen LogP contribution in [0, 0.1) is 0 Å². The van der Waals surface area contributed by atoms with Gasteiger partial charge >= 0.3 is 0 Å². The van der Waals surface area contributed by atoms with Gasteiger partial charge in [0.05, 0.1) is 17.1 Å². The lowest BCUT2D eigenvalue weighted by Gasteiger charge is -2.34. The summed E-state index contributed by atoms with van der Waals surface area (Å²) in [6, 6.07) is 13.8. The van der Waals surface area contributed by atoms with Gasteiger partial charge in [0.25, 0.3) is 5.91 Å². The highest BCUT2D eigenvalue weighted by atomic mass is 79.9. The number of rotatable bonds is 6. The van der Waals surface area contributed by atoms with Crippen molar-refractivity contribution in [3.05, 3.63) is 64.4 Å². The van der Waals surface area contributed by atoms with Gasteiger partial charge in [-0.3, -0.25) is 4.79 Å². The van der Waals surface area contributed by atoms with Crippen molar-refractivity contribution in [1.29, 1.82) is 0 Å². The Morgan fingerprint density at radius 3 is 2.63 bits per heavy atom. The van der Waals surface area contributed by atoms with Crippen molar-refractivity contribution in [2.75, 3.05) is 25.0 Å². The molecule has 0 aliphatic carbocycles. The van der Waals surface area contributed by atoms with Gasteiger partial charge in [0, 0.05) is 16.4 Å². The number of aromatic nitrogens is 2. The Kier molecular flexibility index (Phi) is 5.05. The first kappa shape index (κ1) is 17.9. The van der Waals surface area contributed by atoms with Gasteiger partial charge < -0.3 is 16.0 Å². The summed E-state index contributed by atoms with van der Waals surface area (Å²) in [5.74, 6) is 0.215. The smallest absolute Gasteiger partial charge is 0.250 e. The minimum Gasteiger partial charge on any atom is -0.366 e.